The van der Waals surface area contributed by atoms with Crippen LogP contribution in [-0.4, -0.2) is 13.8 Å². The quantitative estimate of drug-likeness (QED) is 0.726. The molecule has 24 heavy (non-hydrogen) atoms. The fourth-order valence-corrected chi connectivity index (χ4v) is 5.99. The van der Waals surface area contributed by atoms with E-state index in [2.05, 4.69) is 0 Å². The van der Waals surface area contributed by atoms with E-state index in [0.717, 1.165) is 27.3 Å². The molecule has 0 bridgehead atoms. The summed E-state index contributed by atoms with van der Waals surface area (Å²) in [6, 6.07) is 14.7. The number of benzene rings is 2. The highest BCUT2D eigenvalue weighted by atomic mass is 32.2. The molecule has 1 aliphatic rings. The Morgan fingerprint density at radius 3 is 2.25 bits per heavy atom. The molecule has 2 aromatic carbocycles. The molecule has 3 rings (SSSR count). The van der Waals surface area contributed by atoms with Crippen LogP contribution in [0.25, 0.3) is 0 Å². The van der Waals surface area contributed by atoms with Crippen molar-refractivity contribution in [3.05, 3.63) is 65.2 Å². The van der Waals surface area contributed by atoms with Gasteiger partial charge in [0.2, 0.25) is 0 Å². The van der Waals surface area contributed by atoms with Crippen molar-refractivity contribution in [1.29, 1.82) is 0 Å². The molecule has 1 heterocycles. The van der Waals surface area contributed by atoms with E-state index < -0.39 is 10.0 Å². The van der Waals surface area contributed by atoms with Crippen molar-refractivity contribution in [2.24, 2.45) is 0 Å². The Labute approximate surface area is 148 Å². The lowest BCUT2D eigenvalue weighted by atomic mass is 10.2. The number of anilines is 1. The maximum Gasteiger partial charge on any atom is 0.265 e. The average Bonchev–Trinajstić information content (AvgIpc) is 2.94. The first-order chi connectivity index (χ1) is 11.3. The number of thioether (sulfide) groups is 1. The molecular weight excluding hydrogens is 338 g/mol. The van der Waals surface area contributed by atoms with Crippen molar-refractivity contribution < 1.29 is 8.42 Å². The summed E-state index contributed by atoms with van der Waals surface area (Å²) in [7, 11) is -3.62. The Balaban J connectivity index is 2.17. The Morgan fingerprint density at radius 2 is 1.62 bits per heavy atom. The predicted octanol–water partition coefficient (Wildman–Crippen LogP) is 4.98. The zero-order valence-electron chi connectivity index (χ0n) is 14.3. The lowest BCUT2D eigenvalue weighted by Crippen LogP contribution is -2.36. The smallest absolute Gasteiger partial charge is 0.248 e. The topological polar surface area (TPSA) is 37.4 Å². The number of fused-ring (bicyclic) bond motifs is 1. The molecule has 1 aliphatic heterocycles. The standard InChI is InChI=1S/C19H21NO2S2/c1-13(2)15(4)19-20(17-7-5-6-8-18(17)23-19)24(21,22)16-11-9-14(3)10-12-16/h5-12,19H,1-4H3. The summed E-state index contributed by atoms with van der Waals surface area (Å²) >= 11 is 1.59. The van der Waals surface area contributed by atoms with Crippen LogP contribution in [0.2, 0.25) is 0 Å². The van der Waals surface area contributed by atoms with Crippen LogP contribution in [0.3, 0.4) is 0 Å². The fraction of sp³-hybridized carbons (Fsp3) is 0.263. The summed E-state index contributed by atoms with van der Waals surface area (Å²) in [4.78, 5) is 1.33. The highest BCUT2D eigenvalue weighted by Gasteiger charge is 2.40. The number of aryl methyl sites for hydroxylation is 1. The zero-order valence-corrected chi connectivity index (χ0v) is 15.9. The van der Waals surface area contributed by atoms with Crippen LogP contribution in [0, 0.1) is 6.92 Å². The van der Waals surface area contributed by atoms with Crippen molar-refractivity contribution in [2.45, 2.75) is 42.9 Å². The van der Waals surface area contributed by atoms with Crippen molar-refractivity contribution >= 4 is 27.5 Å². The van der Waals surface area contributed by atoms with Gasteiger partial charge in [0, 0.05) is 4.90 Å². The van der Waals surface area contributed by atoms with Crippen molar-refractivity contribution in [1.82, 2.24) is 0 Å². The van der Waals surface area contributed by atoms with Gasteiger partial charge in [0.05, 0.1) is 10.6 Å². The molecule has 0 saturated heterocycles. The maximum absolute atomic E-state index is 13.3. The summed E-state index contributed by atoms with van der Waals surface area (Å²) in [5, 5.41) is -0.237. The molecular formula is C19H21NO2S2. The third-order valence-electron chi connectivity index (χ3n) is 4.29. The molecule has 1 atom stereocenters. The van der Waals surface area contributed by atoms with Gasteiger partial charge in [-0.2, -0.15) is 0 Å². The molecule has 126 valence electrons. The number of sulfonamides is 1. The van der Waals surface area contributed by atoms with Crippen molar-refractivity contribution in [2.75, 3.05) is 4.31 Å². The number of hydrogen-bond donors (Lipinski definition) is 0. The lowest BCUT2D eigenvalue weighted by molar-refractivity contribution is 0.591. The first-order valence-electron chi connectivity index (χ1n) is 7.83. The third kappa shape index (κ3) is 2.87. The second-order valence-corrected chi connectivity index (χ2v) is 9.17. The van der Waals surface area contributed by atoms with Gasteiger partial charge >= 0.3 is 0 Å². The van der Waals surface area contributed by atoms with Crippen LogP contribution in [0.5, 0.6) is 0 Å². The van der Waals surface area contributed by atoms with Crippen LogP contribution in [0.1, 0.15) is 26.3 Å². The third-order valence-corrected chi connectivity index (χ3v) is 7.60. The van der Waals surface area contributed by atoms with E-state index >= 15 is 0 Å². The highest BCUT2D eigenvalue weighted by Crippen LogP contribution is 2.48. The van der Waals surface area contributed by atoms with E-state index in [1.54, 1.807) is 28.2 Å². The summed E-state index contributed by atoms with van der Waals surface area (Å²) < 4.78 is 28.2. The number of allylic oxidation sites excluding steroid dienone is 1. The van der Waals surface area contributed by atoms with Gasteiger partial charge in [0.15, 0.2) is 0 Å². The van der Waals surface area contributed by atoms with Gasteiger partial charge in [0.25, 0.3) is 10.0 Å². The van der Waals surface area contributed by atoms with E-state index in [9.17, 15) is 8.42 Å². The van der Waals surface area contributed by atoms with Gasteiger partial charge in [-0.1, -0.05) is 47.2 Å². The summed E-state index contributed by atoms with van der Waals surface area (Å²) in [6.45, 7) is 8.01. The molecule has 0 saturated carbocycles. The average molecular weight is 360 g/mol. The first kappa shape index (κ1) is 17.1. The molecule has 0 spiro atoms. The molecule has 0 aromatic heterocycles. The Bertz CT molecular complexity index is 895. The van der Waals surface area contributed by atoms with Gasteiger partial charge < -0.3 is 0 Å². The Hall–Kier alpha value is -1.72. The summed E-state index contributed by atoms with van der Waals surface area (Å²) in [5.41, 5.74) is 4.02. The van der Waals surface area contributed by atoms with Crippen LogP contribution >= 0.6 is 11.8 Å². The molecule has 2 aromatic rings. The van der Waals surface area contributed by atoms with Crippen molar-refractivity contribution in [3.8, 4) is 0 Å². The minimum absolute atomic E-state index is 0.237. The Morgan fingerprint density at radius 1 is 1.00 bits per heavy atom. The zero-order chi connectivity index (χ0) is 17.5. The molecule has 0 radical (unpaired) electrons. The van der Waals surface area contributed by atoms with E-state index in [1.165, 1.54) is 0 Å². The molecule has 1 unspecified atom stereocenters. The fourth-order valence-electron chi connectivity index (χ4n) is 2.62. The predicted molar refractivity (Wildman–Crippen MR) is 101 cm³/mol. The van der Waals surface area contributed by atoms with Crippen molar-refractivity contribution in [3.63, 3.8) is 0 Å². The van der Waals surface area contributed by atoms with Crippen LogP contribution < -0.4 is 4.31 Å². The van der Waals surface area contributed by atoms with E-state index in [4.69, 9.17) is 0 Å². The van der Waals surface area contributed by atoms with E-state index in [1.807, 2.05) is 64.1 Å². The van der Waals surface area contributed by atoms with E-state index in [-0.39, 0.29) is 5.37 Å². The number of para-hydroxylation sites is 1. The van der Waals surface area contributed by atoms with Gasteiger partial charge in [-0.05, 0) is 57.5 Å². The van der Waals surface area contributed by atoms with Gasteiger partial charge in [-0.15, -0.1) is 0 Å². The van der Waals surface area contributed by atoms with Gasteiger partial charge in [-0.3, -0.25) is 0 Å². The number of hydrogen-bond acceptors (Lipinski definition) is 3. The largest absolute Gasteiger partial charge is 0.265 e. The van der Waals surface area contributed by atoms with Gasteiger partial charge in [0.1, 0.15) is 5.37 Å². The maximum atomic E-state index is 13.3. The minimum Gasteiger partial charge on any atom is -0.248 e. The lowest BCUT2D eigenvalue weighted by Gasteiger charge is -2.27. The highest BCUT2D eigenvalue weighted by molar-refractivity contribution is 8.03. The number of nitrogens with zero attached hydrogens (tertiary/aromatic N) is 1. The first-order valence-corrected chi connectivity index (χ1v) is 10.1. The Kier molecular flexibility index (Phi) is 4.49. The molecule has 0 fully saturated rings. The van der Waals surface area contributed by atoms with E-state index in [0.29, 0.717) is 4.90 Å². The van der Waals surface area contributed by atoms with Crippen LogP contribution in [-0.2, 0) is 10.0 Å². The number of rotatable bonds is 3. The summed E-state index contributed by atoms with van der Waals surface area (Å²) in [5.74, 6) is 0. The molecule has 5 heteroatoms. The molecule has 0 amide bonds. The van der Waals surface area contributed by atoms with Gasteiger partial charge in [-0.25, -0.2) is 12.7 Å². The molecule has 0 N–H and O–H groups in total. The molecule has 3 nitrogen and oxygen atoms in total. The van der Waals surface area contributed by atoms with Crippen LogP contribution in [0.15, 0.2) is 69.5 Å². The summed E-state index contributed by atoms with van der Waals surface area (Å²) in [6.07, 6.45) is 0. The second kappa shape index (κ2) is 6.30. The minimum atomic E-state index is -3.62. The SMILES string of the molecule is CC(C)=C(C)C1Sc2ccccc2N1S(=O)(=O)c1ccc(C)cc1. The monoisotopic (exact) mass is 359 g/mol. The molecule has 0 aliphatic carbocycles. The second-order valence-electron chi connectivity index (χ2n) is 6.23. The van der Waals surface area contributed by atoms with Crippen LogP contribution in [0.4, 0.5) is 5.69 Å². The normalized spacial score (nSPS) is 16.8.